The molecule has 19 heavy (non-hydrogen) atoms. The molecule has 0 radical (unpaired) electrons. The number of hydrogen-bond donors (Lipinski definition) is 1. The molecule has 1 heteroatoms. The minimum atomic E-state index is 0.161. The third kappa shape index (κ3) is 12.5. The van der Waals surface area contributed by atoms with Gasteiger partial charge in [-0.3, -0.25) is 0 Å². The lowest BCUT2D eigenvalue weighted by Gasteiger charge is -2.26. The lowest BCUT2D eigenvalue weighted by molar-refractivity contribution is 0.283. The van der Waals surface area contributed by atoms with Crippen molar-refractivity contribution in [2.75, 3.05) is 0 Å². The Kier molecular flexibility index (Phi) is 11.3. The van der Waals surface area contributed by atoms with E-state index in [1.54, 1.807) is 0 Å². The monoisotopic (exact) mass is 267 g/mol. The molecule has 0 amide bonds. The Morgan fingerprint density at radius 2 is 1.42 bits per heavy atom. The molecule has 2 N–H and O–H groups in total. The van der Waals surface area contributed by atoms with Crippen molar-refractivity contribution in [3.8, 4) is 0 Å². The maximum absolute atomic E-state index is 5.95. The van der Waals surface area contributed by atoms with Crippen molar-refractivity contribution in [3.05, 3.63) is 12.7 Å². The van der Waals surface area contributed by atoms with Gasteiger partial charge >= 0.3 is 0 Å². The molecule has 0 aromatic heterocycles. The summed E-state index contributed by atoms with van der Waals surface area (Å²) in [6.07, 6.45) is 16.9. The molecule has 0 aliphatic rings. The average Bonchev–Trinajstić information content (AvgIpc) is 2.36. The Hall–Kier alpha value is -0.300. The minimum absolute atomic E-state index is 0.161. The Balaban J connectivity index is 3.40. The quantitative estimate of drug-likeness (QED) is 0.329. The van der Waals surface area contributed by atoms with Crippen LogP contribution in [-0.2, 0) is 0 Å². The van der Waals surface area contributed by atoms with Gasteiger partial charge in [-0.15, -0.1) is 6.58 Å². The van der Waals surface area contributed by atoms with Crippen molar-refractivity contribution < 1.29 is 0 Å². The third-order valence-electron chi connectivity index (χ3n) is 4.05. The van der Waals surface area contributed by atoms with Crippen molar-refractivity contribution in [3.63, 3.8) is 0 Å². The first kappa shape index (κ1) is 18.7. The summed E-state index contributed by atoms with van der Waals surface area (Å²) in [5, 5.41) is 0. The second kappa shape index (κ2) is 11.5. The fourth-order valence-corrected chi connectivity index (χ4v) is 2.74. The molecule has 0 aromatic carbocycles. The van der Waals surface area contributed by atoms with Crippen molar-refractivity contribution >= 4 is 0 Å². The molecule has 1 unspecified atom stereocenters. The van der Waals surface area contributed by atoms with Crippen LogP contribution in [0.15, 0.2) is 12.7 Å². The van der Waals surface area contributed by atoms with Crippen LogP contribution in [0.2, 0.25) is 0 Å². The van der Waals surface area contributed by atoms with E-state index in [2.05, 4.69) is 27.4 Å². The van der Waals surface area contributed by atoms with Crippen LogP contribution in [0.3, 0.4) is 0 Å². The maximum Gasteiger partial charge on any atom is 0.0226 e. The van der Waals surface area contributed by atoms with Gasteiger partial charge in [0.05, 0.1) is 0 Å². The van der Waals surface area contributed by atoms with Crippen LogP contribution in [0, 0.1) is 5.41 Å². The van der Waals surface area contributed by atoms with E-state index in [9.17, 15) is 0 Å². The molecular formula is C18H37N. The second-order valence-electron chi connectivity index (χ2n) is 6.85. The largest absolute Gasteiger partial charge is 0.324 e. The smallest absolute Gasteiger partial charge is 0.0226 e. The average molecular weight is 268 g/mol. The predicted octanol–water partition coefficient (Wildman–Crippen LogP) is 5.84. The van der Waals surface area contributed by atoms with Gasteiger partial charge < -0.3 is 5.73 Å². The molecule has 1 atom stereocenters. The number of rotatable bonds is 13. The zero-order valence-corrected chi connectivity index (χ0v) is 13.7. The van der Waals surface area contributed by atoms with Gasteiger partial charge in [-0.1, -0.05) is 84.6 Å². The van der Waals surface area contributed by atoms with E-state index >= 15 is 0 Å². The van der Waals surface area contributed by atoms with Gasteiger partial charge in [-0.2, -0.15) is 0 Å². The Labute approximate surface area is 122 Å². The van der Waals surface area contributed by atoms with Crippen molar-refractivity contribution in [2.24, 2.45) is 11.1 Å². The second-order valence-corrected chi connectivity index (χ2v) is 6.85. The van der Waals surface area contributed by atoms with Crippen molar-refractivity contribution in [1.82, 2.24) is 0 Å². The summed E-state index contributed by atoms with van der Waals surface area (Å²) in [5.41, 5.74) is 6.32. The van der Waals surface area contributed by atoms with E-state index in [0.717, 1.165) is 6.42 Å². The van der Waals surface area contributed by atoms with E-state index < -0.39 is 0 Å². The van der Waals surface area contributed by atoms with Gasteiger partial charge in [0.15, 0.2) is 0 Å². The topological polar surface area (TPSA) is 26.0 Å². The molecule has 114 valence electrons. The molecule has 0 saturated heterocycles. The standard InChI is InChI=1S/C18H37N/c1-5-7-8-9-10-11-12-13-14-15-18(3,4)16-17(19)6-2/h6,17H,2,5,7-16,19H2,1,3-4H3. The molecule has 1 nitrogen and oxygen atoms in total. The van der Waals surface area contributed by atoms with Crippen molar-refractivity contribution in [2.45, 2.75) is 97.4 Å². The minimum Gasteiger partial charge on any atom is -0.324 e. The van der Waals surface area contributed by atoms with E-state index in [0.29, 0.717) is 5.41 Å². The number of unbranched alkanes of at least 4 members (excludes halogenated alkanes) is 8. The Morgan fingerprint density at radius 1 is 0.947 bits per heavy atom. The summed E-state index contributed by atoms with van der Waals surface area (Å²) in [6.45, 7) is 10.7. The SMILES string of the molecule is C=CC(N)CC(C)(C)CCCCCCCCCCC. The molecule has 0 aromatic rings. The van der Waals surface area contributed by atoms with Crippen LogP contribution in [0.1, 0.15) is 91.4 Å². The summed E-state index contributed by atoms with van der Waals surface area (Å²) in [5.74, 6) is 0. The number of nitrogens with two attached hydrogens (primary N) is 1. The highest BCUT2D eigenvalue weighted by Crippen LogP contribution is 2.29. The fourth-order valence-electron chi connectivity index (χ4n) is 2.74. The van der Waals surface area contributed by atoms with Crippen LogP contribution in [0.5, 0.6) is 0 Å². The zero-order chi connectivity index (χ0) is 14.6. The normalized spacial score (nSPS) is 13.5. The molecule has 0 rings (SSSR count). The van der Waals surface area contributed by atoms with Crippen LogP contribution in [-0.4, -0.2) is 6.04 Å². The first-order valence-electron chi connectivity index (χ1n) is 8.40. The van der Waals surface area contributed by atoms with Crippen LogP contribution in [0.25, 0.3) is 0 Å². The molecule has 0 aliphatic heterocycles. The molecule has 0 heterocycles. The molecule has 0 aliphatic carbocycles. The van der Waals surface area contributed by atoms with Gasteiger partial charge in [-0.05, 0) is 18.3 Å². The molecule has 0 fully saturated rings. The summed E-state index contributed by atoms with van der Waals surface area (Å²) >= 11 is 0. The molecule has 0 saturated carbocycles. The summed E-state index contributed by atoms with van der Waals surface area (Å²) < 4.78 is 0. The van der Waals surface area contributed by atoms with E-state index in [1.807, 2.05) is 6.08 Å². The molecule has 0 spiro atoms. The lowest BCUT2D eigenvalue weighted by atomic mass is 9.81. The third-order valence-corrected chi connectivity index (χ3v) is 4.05. The predicted molar refractivity (Wildman–Crippen MR) is 88.4 cm³/mol. The first-order valence-corrected chi connectivity index (χ1v) is 8.40. The van der Waals surface area contributed by atoms with E-state index in [1.165, 1.54) is 64.2 Å². The van der Waals surface area contributed by atoms with Gasteiger partial charge in [-0.25, -0.2) is 0 Å². The lowest BCUT2D eigenvalue weighted by Crippen LogP contribution is -2.25. The fraction of sp³-hybridized carbons (Fsp3) is 0.889. The molecule has 0 bridgehead atoms. The summed E-state index contributed by atoms with van der Waals surface area (Å²) in [4.78, 5) is 0. The van der Waals surface area contributed by atoms with Gasteiger partial charge in [0.25, 0.3) is 0 Å². The highest BCUT2D eigenvalue weighted by Gasteiger charge is 2.19. The maximum atomic E-state index is 5.95. The summed E-state index contributed by atoms with van der Waals surface area (Å²) in [6, 6.07) is 0.161. The van der Waals surface area contributed by atoms with Crippen LogP contribution >= 0.6 is 0 Å². The molecular weight excluding hydrogens is 230 g/mol. The van der Waals surface area contributed by atoms with Crippen LogP contribution < -0.4 is 5.73 Å². The Bertz CT molecular complexity index is 208. The van der Waals surface area contributed by atoms with E-state index in [4.69, 9.17) is 5.73 Å². The zero-order valence-electron chi connectivity index (χ0n) is 13.7. The highest BCUT2D eigenvalue weighted by molar-refractivity contribution is 4.87. The number of hydrogen-bond acceptors (Lipinski definition) is 1. The van der Waals surface area contributed by atoms with Gasteiger partial charge in [0.2, 0.25) is 0 Å². The van der Waals surface area contributed by atoms with Crippen LogP contribution in [0.4, 0.5) is 0 Å². The first-order chi connectivity index (χ1) is 9.02. The highest BCUT2D eigenvalue weighted by atomic mass is 14.6. The van der Waals surface area contributed by atoms with Gasteiger partial charge in [0.1, 0.15) is 0 Å². The van der Waals surface area contributed by atoms with E-state index in [-0.39, 0.29) is 6.04 Å². The Morgan fingerprint density at radius 3 is 1.89 bits per heavy atom. The van der Waals surface area contributed by atoms with Gasteiger partial charge in [0, 0.05) is 6.04 Å². The van der Waals surface area contributed by atoms with Crippen molar-refractivity contribution in [1.29, 1.82) is 0 Å². The summed E-state index contributed by atoms with van der Waals surface area (Å²) in [7, 11) is 0.